The zero-order valence-electron chi connectivity index (χ0n) is 6.95. The van der Waals surface area contributed by atoms with Gasteiger partial charge in [0.2, 0.25) is 0 Å². The highest BCUT2D eigenvalue weighted by atomic mass is 79.9. The van der Waals surface area contributed by atoms with Crippen LogP contribution in [0.3, 0.4) is 0 Å². The van der Waals surface area contributed by atoms with Crippen molar-refractivity contribution < 1.29 is 9.21 Å². The summed E-state index contributed by atoms with van der Waals surface area (Å²) in [7, 11) is 1.56. The monoisotopic (exact) mass is 242 g/mol. The Morgan fingerprint density at radius 1 is 1.85 bits per heavy atom. The molecule has 4 nitrogen and oxygen atoms in total. The van der Waals surface area contributed by atoms with E-state index >= 15 is 0 Å². The van der Waals surface area contributed by atoms with Crippen LogP contribution in [0.15, 0.2) is 21.4 Å². The lowest BCUT2D eigenvalue weighted by Crippen LogP contribution is -2.26. The summed E-state index contributed by atoms with van der Waals surface area (Å²) in [6.45, 7) is 0.0659. The molecule has 1 heterocycles. The molecule has 1 rings (SSSR count). The number of rotatable bonds is 2. The second-order valence-corrected chi connectivity index (χ2v) is 3.15. The molecule has 0 fully saturated rings. The second-order valence-electron chi connectivity index (χ2n) is 2.43. The predicted octanol–water partition coefficient (Wildman–Crippen LogP) is 1.64. The first kappa shape index (κ1) is 9.81. The van der Waals surface area contributed by atoms with Gasteiger partial charge in [-0.1, -0.05) is 0 Å². The van der Waals surface area contributed by atoms with Crippen molar-refractivity contribution in [2.24, 2.45) is 0 Å². The van der Waals surface area contributed by atoms with Gasteiger partial charge < -0.3 is 9.32 Å². The number of carbonyl (C=O) groups excluding carboxylic acids is 1. The van der Waals surface area contributed by atoms with E-state index in [1.165, 1.54) is 11.2 Å². The van der Waals surface area contributed by atoms with Crippen molar-refractivity contribution in [2.45, 2.75) is 0 Å². The standard InChI is InChI=1S/C8H7BrN2O2/c1-11(4-3-10)8(12)6-2-5-13-7(6)9/h2,5H,4H2,1H3. The van der Waals surface area contributed by atoms with E-state index in [2.05, 4.69) is 15.9 Å². The van der Waals surface area contributed by atoms with Crippen molar-refractivity contribution in [3.63, 3.8) is 0 Å². The quantitative estimate of drug-likeness (QED) is 0.742. The lowest BCUT2D eigenvalue weighted by atomic mass is 10.3. The van der Waals surface area contributed by atoms with E-state index in [0.29, 0.717) is 10.2 Å². The van der Waals surface area contributed by atoms with E-state index in [4.69, 9.17) is 9.68 Å². The minimum absolute atomic E-state index is 0.0659. The van der Waals surface area contributed by atoms with E-state index in [-0.39, 0.29) is 12.5 Å². The third-order valence-corrected chi connectivity index (χ3v) is 2.12. The molecule has 5 heteroatoms. The molecule has 0 atom stereocenters. The second kappa shape index (κ2) is 4.10. The van der Waals surface area contributed by atoms with E-state index in [1.54, 1.807) is 13.1 Å². The minimum atomic E-state index is -0.234. The Bertz CT molecular complexity index is 353. The summed E-state index contributed by atoms with van der Waals surface area (Å²) in [4.78, 5) is 12.8. The summed E-state index contributed by atoms with van der Waals surface area (Å²) < 4.78 is 5.29. The average Bonchev–Trinajstić information content (AvgIpc) is 2.50. The molecule has 13 heavy (non-hydrogen) atoms. The molecule has 1 aromatic rings. The normalized spacial score (nSPS) is 9.31. The van der Waals surface area contributed by atoms with Gasteiger partial charge in [-0.05, 0) is 22.0 Å². The Morgan fingerprint density at radius 2 is 2.54 bits per heavy atom. The van der Waals surface area contributed by atoms with Crippen LogP contribution in [-0.4, -0.2) is 24.4 Å². The van der Waals surface area contributed by atoms with Gasteiger partial charge in [0.25, 0.3) is 5.91 Å². The highest BCUT2D eigenvalue weighted by Gasteiger charge is 2.16. The van der Waals surface area contributed by atoms with Crippen molar-refractivity contribution in [1.29, 1.82) is 5.26 Å². The van der Waals surface area contributed by atoms with E-state index in [0.717, 1.165) is 0 Å². The van der Waals surface area contributed by atoms with Crippen LogP contribution in [-0.2, 0) is 0 Å². The predicted molar refractivity (Wildman–Crippen MR) is 49.0 cm³/mol. The zero-order chi connectivity index (χ0) is 9.84. The van der Waals surface area contributed by atoms with E-state index in [1.807, 2.05) is 6.07 Å². The summed E-state index contributed by atoms with van der Waals surface area (Å²) >= 11 is 3.09. The molecule has 0 bridgehead atoms. The molecule has 0 N–H and O–H groups in total. The molecular formula is C8H7BrN2O2. The van der Waals surface area contributed by atoms with E-state index < -0.39 is 0 Å². The number of hydrogen-bond acceptors (Lipinski definition) is 3. The van der Waals surface area contributed by atoms with Crippen molar-refractivity contribution in [1.82, 2.24) is 4.90 Å². The molecule has 1 amide bonds. The SMILES string of the molecule is CN(CC#N)C(=O)c1ccoc1Br. The van der Waals surface area contributed by atoms with Gasteiger partial charge in [-0.15, -0.1) is 0 Å². The molecule has 0 aromatic carbocycles. The van der Waals surface area contributed by atoms with Gasteiger partial charge in [0.1, 0.15) is 6.54 Å². The Hall–Kier alpha value is -1.28. The van der Waals surface area contributed by atoms with Gasteiger partial charge in [-0.25, -0.2) is 0 Å². The first-order valence-electron chi connectivity index (χ1n) is 3.52. The number of halogens is 1. The van der Waals surface area contributed by atoms with Crippen LogP contribution >= 0.6 is 15.9 Å². The van der Waals surface area contributed by atoms with Gasteiger partial charge >= 0.3 is 0 Å². The smallest absolute Gasteiger partial charge is 0.258 e. The van der Waals surface area contributed by atoms with Gasteiger partial charge in [0.15, 0.2) is 4.67 Å². The first-order chi connectivity index (χ1) is 6.16. The summed E-state index contributed by atoms with van der Waals surface area (Å²) in [5.41, 5.74) is 0.428. The number of nitrogens with zero attached hydrogens (tertiary/aromatic N) is 2. The van der Waals surface area contributed by atoms with Crippen LogP contribution in [0.1, 0.15) is 10.4 Å². The van der Waals surface area contributed by atoms with Gasteiger partial charge in [0.05, 0.1) is 17.9 Å². The van der Waals surface area contributed by atoms with Crippen LogP contribution in [0.4, 0.5) is 0 Å². The van der Waals surface area contributed by atoms with Crippen molar-refractivity contribution in [3.05, 3.63) is 22.6 Å². The van der Waals surface area contributed by atoms with Gasteiger partial charge in [-0.3, -0.25) is 4.79 Å². The van der Waals surface area contributed by atoms with Gasteiger partial charge in [-0.2, -0.15) is 5.26 Å². The summed E-state index contributed by atoms with van der Waals surface area (Å²) in [5.74, 6) is -0.234. The number of hydrogen-bond donors (Lipinski definition) is 0. The number of furan rings is 1. The molecule has 0 saturated heterocycles. The fourth-order valence-electron chi connectivity index (χ4n) is 0.830. The minimum Gasteiger partial charge on any atom is -0.457 e. The van der Waals surface area contributed by atoms with Crippen LogP contribution in [0.2, 0.25) is 0 Å². The molecular weight excluding hydrogens is 236 g/mol. The molecule has 0 saturated carbocycles. The highest BCUT2D eigenvalue weighted by molar-refractivity contribution is 9.10. The first-order valence-corrected chi connectivity index (χ1v) is 4.31. The van der Waals surface area contributed by atoms with Crippen molar-refractivity contribution in [2.75, 3.05) is 13.6 Å². The molecule has 0 aliphatic carbocycles. The Balaban J connectivity index is 2.81. The topological polar surface area (TPSA) is 57.2 Å². The van der Waals surface area contributed by atoms with Crippen molar-refractivity contribution in [3.8, 4) is 6.07 Å². The average molecular weight is 243 g/mol. The summed E-state index contributed by atoms with van der Waals surface area (Å²) in [6.07, 6.45) is 1.41. The maximum Gasteiger partial charge on any atom is 0.258 e. The zero-order valence-corrected chi connectivity index (χ0v) is 8.54. The number of nitriles is 1. The summed E-state index contributed by atoms with van der Waals surface area (Å²) in [5, 5.41) is 8.37. The maximum atomic E-state index is 11.5. The lowest BCUT2D eigenvalue weighted by molar-refractivity contribution is 0.0810. The molecule has 0 aliphatic heterocycles. The van der Waals surface area contributed by atoms with E-state index in [9.17, 15) is 4.79 Å². The van der Waals surface area contributed by atoms with Crippen LogP contribution in [0, 0.1) is 11.3 Å². The molecule has 0 radical (unpaired) electrons. The maximum absolute atomic E-state index is 11.5. The Morgan fingerprint density at radius 3 is 3.00 bits per heavy atom. The molecule has 0 spiro atoms. The highest BCUT2D eigenvalue weighted by Crippen LogP contribution is 2.18. The molecule has 68 valence electrons. The third kappa shape index (κ3) is 2.10. The van der Waals surface area contributed by atoms with Gasteiger partial charge in [0, 0.05) is 7.05 Å². The fraction of sp³-hybridized carbons (Fsp3) is 0.250. The third-order valence-electron chi connectivity index (χ3n) is 1.50. The number of carbonyl (C=O) groups is 1. The fourth-order valence-corrected chi connectivity index (χ4v) is 1.24. The van der Waals surface area contributed by atoms with Crippen LogP contribution in [0.5, 0.6) is 0 Å². The lowest BCUT2D eigenvalue weighted by Gasteiger charge is -2.11. The molecule has 1 aromatic heterocycles. The summed E-state index contributed by atoms with van der Waals surface area (Å²) in [6, 6.07) is 3.44. The molecule has 0 unspecified atom stereocenters. The van der Waals surface area contributed by atoms with Crippen LogP contribution in [0.25, 0.3) is 0 Å². The van der Waals surface area contributed by atoms with Crippen LogP contribution < -0.4 is 0 Å². The largest absolute Gasteiger partial charge is 0.457 e. The Kier molecular flexibility index (Phi) is 3.09. The van der Waals surface area contributed by atoms with Crippen molar-refractivity contribution >= 4 is 21.8 Å². The molecule has 0 aliphatic rings. The number of amides is 1. The Labute approximate surface area is 83.9 Å².